The van der Waals surface area contributed by atoms with E-state index in [0.29, 0.717) is 5.56 Å². The number of amides is 1. The molecule has 0 bridgehead atoms. The summed E-state index contributed by atoms with van der Waals surface area (Å²) in [5.41, 5.74) is 3.87. The largest absolute Gasteiger partial charge is 0.345 e. The molecule has 4 nitrogen and oxygen atoms in total. The Balaban J connectivity index is 2.22. The summed E-state index contributed by atoms with van der Waals surface area (Å²) in [4.78, 5) is 22.6. The number of para-hydroxylation sites is 2. The molecular weight excluding hydrogens is 238 g/mol. The van der Waals surface area contributed by atoms with Crippen LogP contribution in [0, 0.1) is 0 Å². The molecular formula is C15H13N3O. The molecule has 1 heterocycles. The third-order valence-corrected chi connectivity index (χ3v) is 2.99. The van der Waals surface area contributed by atoms with Crippen molar-refractivity contribution in [1.29, 1.82) is 0 Å². The number of carbonyl (C=O) groups is 1. The Morgan fingerprint density at radius 3 is 2.11 bits per heavy atom. The molecule has 0 radical (unpaired) electrons. The van der Waals surface area contributed by atoms with E-state index in [1.165, 1.54) is 0 Å². The lowest BCUT2D eigenvalue weighted by Crippen LogP contribution is -2.21. The second-order valence-corrected chi connectivity index (χ2v) is 4.62. The molecule has 1 amide bonds. The Hall–Kier alpha value is -2.49. The monoisotopic (exact) mass is 251 g/mol. The van der Waals surface area contributed by atoms with Crippen LogP contribution >= 0.6 is 0 Å². The van der Waals surface area contributed by atoms with Gasteiger partial charge < -0.3 is 4.90 Å². The molecule has 0 aliphatic carbocycles. The Labute approximate surface area is 110 Å². The molecule has 0 saturated carbocycles. The Morgan fingerprint density at radius 1 is 0.895 bits per heavy atom. The number of hydrogen-bond acceptors (Lipinski definition) is 3. The quantitative estimate of drug-likeness (QED) is 0.624. The van der Waals surface area contributed by atoms with Crippen LogP contribution in [0.2, 0.25) is 0 Å². The Bertz CT molecular complexity index is 781. The summed E-state index contributed by atoms with van der Waals surface area (Å²) in [6.45, 7) is 0. The summed E-state index contributed by atoms with van der Waals surface area (Å²) in [7, 11) is 3.47. The molecule has 1 aromatic heterocycles. The standard InChI is InChI=1S/C15H13N3O/c1-18(2)15(19)10-7-8-13-14(9-10)17-12-6-4-3-5-11(12)16-13/h3-9H,1-2H3. The fourth-order valence-corrected chi connectivity index (χ4v) is 2.01. The highest BCUT2D eigenvalue weighted by atomic mass is 16.2. The first-order valence-electron chi connectivity index (χ1n) is 6.03. The van der Waals surface area contributed by atoms with E-state index in [0.717, 1.165) is 22.1 Å². The van der Waals surface area contributed by atoms with Crippen molar-refractivity contribution in [3.63, 3.8) is 0 Å². The zero-order valence-electron chi connectivity index (χ0n) is 10.8. The summed E-state index contributed by atoms with van der Waals surface area (Å²) < 4.78 is 0. The van der Waals surface area contributed by atoms with Crippen LogP contribution < -0.4 is 0 Å². The van der Waals surface area contributed by atoms with Gasteiger partial charge in [0, 0.05) is 19.7 Å². The maximum Gasteiger partial charge on any atom is 0.253 e. The van der Waals surface area contributed by atoms with E-state index in [9.17, 15) is 4.79 Å². The number of hydrogen-bond donors (Lipinski definition) is 0. The minimum absolute atomic E-state index is 0.0307. The highest BCUT2D eigenvalue weighted by Gasteiger charge is 2.09. The van der Waals surface area contributed by atoms with Crippen molar-refractivity contribution >= 4 is 28.0 Å². The van der Waals surface area contributed by atoms with Gasteiger partial charge in [0.2, 0.25) is 0 Å². The SMILES string of the molecule is CN(C)C(=O)c1ccc2nc3ccccc3nc2c1. The van der Waals surface area contributed by atoms with Gasteiger partial charge in [-0.1, -0.05) is 12.1 Å². The van der Waals surface area contributed by atoms with Gasteiger partial charge in [-0.3, -0.25) is 4.79 Å². The molecule has 94 valence electrons. The van der Waals surface area contributed by atoms with E-state index < -0.39 is 0 Å². The number of aromatic nitrogens is 2. The van der Waals surface area contributed by atoms with Gasteiger partial charge >= 0.3 is 0 Å². The molecule has 0 fully saturated rings. The molecule has 0 saturated heterocycles. The van der Waals surface area contributed by atoms with Crippen LogP contribution in [-0.2, 0) is 0 Å². The number of rotatable bonds is 1. The van der Waals surface area contributed by atoms with Crippen LogP contribution in [0.25, 0.3) is 22.1 Å². The van der Waals surface area contributed by atoms with E-state index in [4.69, 9.17) is 0 Å². The summed E-state index contributed by atoms with van der Waals surface area (Å²) in [6.07, 6.45) is 0. The summed E-state index contributed by atoms with van der Waals surface area (Å²) in [5.74, 6) is -0.0307. The molecule has 0 aliphatic rings. The van der Waals surface area contributed by atoms with E-state index >= 15 is 0 Å². The molecule has 3 aromatic rings. The zero-order valence-corrected chi connectivity index (χ0v) is 10.8. The fourth-order valence-electron chi connectivity index (χ4n) is 2.01. The zero-order chi connectivity index (χ0) is 13.4. The molecule has 0 aliphatic heterocycles. The minimum atomic E-state index is -0.0307. The van der Waals surface area contributed by atoms with E-state index in [-0.39, 0.29) is 5.91 Å². The number of carbonyl (C=O) groups excluding carboxylic acids is 1. The topological polar surface area (TPSA) is 46.1 Å². The second kappa shape index (κ2) is 4.31. The maximum absolute atomic E-state index is 11.9. The van der Waals surface area contributed by atoms with Crippen molar-refractivity contribution in [2.24, 2.45) is 0 Å². The van der Waals surface area contributed by atoms with Gasteiger partial charge in [0.15, 0.2) is 0 Å². The van der Waals surface area contributed by atoms with Gasteiger partial charge in [0.1, 0.15) is 0 Å². The maximum atomic E-state index is 11.9. The van der Waals surface area contributed by atoms with Gasteiger partial charge in [-0.15, -0.1) is 0 Å². The van der Waals surface area contributed by atoms with Gasteiger partial charge in [0.25, 0.3) is 5.91 Å². The molecule has 0 spiro atoms. The predicted octanol–water partition coefficient (Wildman–Crippen LogP) is 2.48. The number of benzene rings is 2. The van der Waals surface area contributed by atoms with Crippen molar-refractivity contribution in [2.75, 3.05) is 14.1 Å². The van der Waals surface area contributed by atoms with Gasteiger partial charge in [-0.25, -0.2) is 9.97 Å². The van der Waals surface area contributed by atoms with E-state index in [1.54, 1.807) is 31.1 Å². The lowest BCUT2D eigenvalue weighted by Gasteiger charge is -2.10. The number of nitrogens with zero attached hydrogens (tertiary/aromatic N) is 3. The summed E-state index contributed by atoms with van der Waals surface area (Å²) in [6, 6.07) is 13.1. The normalized spacial score (nSPS) is 10.8. The first-order chi connectivity index (χ1) is 9.15. The van der Waals surface area contributed by atoms with Crippen LogP contribution in [0.3, 0.4) is 0 Å². The molecule has 3 rings (SSSR count). The van der Waals surface area contributed by atoms with E-state index in [2.05, 4.69) is 9.97 Å². The van der Waals surface area contributed by atoms with Crippen molar-refractivity contribution in [2.45, 2.75) is 0 Å². The van der Waals surface area contributed by atoms with Crippen LogP contribution in [0.5, 0.6) is 0 Å². The second-order valence-electron chi connectivity index (χ2n) is 4.62. The molecule has 0 N–H and O–H groups in total. The summed E-state index contributed by atoms with van der Waals surface area (Å²) >= 11 is 0. The van der Waals surface area contributed by atoms with Gasteiger partial charge in [-0.2, -0.15) is 0 Å². The molecule has 4 heteroatoms. The Morgan fingerprint density at radius 2 is 1.47 bits per heavy atom. The first-order valence-corrected chi connectivity index (χ1v) is 6.03. The number of fused-ring (bicyclic) bond motifs is 2. The van der Waals surface area contributed by atoms with Crippen molar-refractivity contribution in [1.82, 2.24) is 14.9 Å². The predicted molar refractivity (Wildman–Crippen MR) is 75.1 cm³/mol. The minimum Gasteiger partial charge on any atom is -0.345 e. The Kier molecular flexibility index (Phi) is 2.63. The third kappa shape index (κ3) is 2.01. The van der Waals surface area contributed by atoms with Gasteiger partial charge in [0.05, 0.1) is 22.1 Å². The van der Waals surface area contributed by atoms with Crippen molar-refractivity contribution in [3.05, 3.63) is 48.0 Å². The smallest absolute Gasteiger partial charge is 0.253 e. The van der Waals surface area contributed by atoms with Crippen LogP contribution in [0.15, 0.2) is 42.5 Å². The fraction of sp³-hybridized carbons (Fsp3) is 0.133. The average Bonchev–Trinajstić information content (AvgIpc) is 2.43. The van der Waals surface area contributed by atoms with E-state index in [1.807, 2.05) is 30.3 Å². The van der Waals surface area contributed by atoms with Crippen molar-refractivity contribution in [3.8, 4) is 0 Å². The highest BCUT2D eigenvalue weighted by Crippen LogP contribution is 2.17. The molecule has 0 atom stereocenters. The van der Waals surface area contributed by atoms with Crippen molar-refractivity contribution < 1.29 is 4.79 Å². The third-order valence-electron chi connectivity index (χ3n) is 2.99. The first kappa shape index (κ1) is 11.6. The average molecular weight is 251 g/mol. The van der Waals surface area contributed by atoms with Crippen LogP contribution in [0.4, 0.5) is 0 Å². The van der Waals surface area contributed by atoms with Crippen LogP contribution in [-0.4, -0.2) is 34.9 Å². The van der Waals surface area contributed by atoms with Gasteiger partial charge in [-0.05, 0) is 30.3 Å². The van der Waals surface area contributed by atoms with Crippen LogP contribution in [0.1, 0.15) is 10.4 Å². The molecule has 19 heavy (non-hydrogen) atoms. The lowest BCUT2D eigenvalue weighted by molar-refractivity contribution is 0.0828. The molecule has 0 unspecified atom stereocenters. The summed E-state index contributed by atoms with van der Waals surface area (Å²) in [5, 5.41) is 0. The lowest BCUT2D eigenvalue weighted by atomic mass is 10.1. The highest BCUT2D eigenvalue weighted by molar-refractivity contribution is 5.98. The molecule has 2 aromatic carbocycles.